The van der Waals surface area contributed by atoms with Crippen molar-refractivity contribution in [2.24, 2.45) is 5.92 Å². The lowest BCUT2D eigenvalue weighted by Gasteiger charge is -2.21. The van der Waals surface area contributed by atoms with Crippen molar-refractivity contribution in [3.05, 3.63) is 0 Å². The van der Waals surface area contributed by atoms with Gasteiger partial charge >= 0.3 is 39.5 Å². The number of unbranched alkanes of at least 4 members (excludes halogenated alkanes) is 53. The highest BCUT2D eigenvalue weighted by molar-refractivity contribution is 7.47. The SMILES string of the molecule is CCCCCCCCCCCCCCCCCCCCCCCCC(=O)O[C@H](COC(=O)CCCCCCCCCCCCCCCCCCCCCC)COP(=O)(O)OC[C@@H](O)COP(=O)(O)OC[C@@H](COC(=O)CCCCCCCCC)OC(=O)CCCCCCCCCCC(C)CC. The van der Waals surface area contributed by atoms with Crippen LogP contribution in [0, 0.1) is 5.92 Å². The summed E-state index contributed by atoms with van der Waals surface area (Å²) in [4.78, 5) is 72.9. The van der Waals surface area contributed by atoms with Crippen molar-refractivity contribution in [2.75, 3.05) is 39.6 Å². The van der Waals surface area contributed by atoms with Crippen molar-refractivity contribution < 1.29 is 80.2 Å². The molecule has 6 atom stereocenters. The van der Waals surface area contributed by atoms with Crippen LogP contribution in [-0.2, 0) is 65.4 Å². The monoisotopic (exact) mass is 1480 g/mol. The third-order valence-corrected chi connectivity index (χ3v) is 21.5. The fourth-order valence-corrected chi connectivity index (χ4v) is 14.3. The molecule has 0 aromatic rings. The van der Waals surface area contributed by atoms with Crippen molar-refractivity contribution in [3.63, 3.8) is 0 Å². The van der Waals surface area contributed by atoms with Gasteiger partial charge in [-0.2, -0.15) is 0 Å². The summed E-state index contributed by atoms with van der Waals surface area (Å²) in [7, 11) is -9.91. The Balaban J connectivity index is 5.15. The van der Waals surface area contributed by atoms with Crippen LogP contribution in [0.4, 0.5) is 0 Å². The van der Waals surface area contributed by atoms with Crippen LogP contribution in [0.3, 0.4) is 0 Å². The topological polar surface area (TPSA) is 237 Å². The van der Waals surface area contributed by atoms with Crippen LogP contribution in [0.1, 0.15) is 439 Å². The first kappa shape index (κ1) is 99.1. The Hall–Kier alpha value is -1.94. The fraction of sp³-hybridized carbons (Fsp3) is 0.951. The van der Waals surface area contributed by atoms with E-state index in [0.717, 1.165) is 109 Å². The molecular weight excluding hydrogens is 1320 g/mol. The number of phosphoric acid groups is 2. The van der Waals surface area contributed by atoms with E-state index >= 15 is 0 Å². The highest BCUT2D eigenvalue weighted by Gasteiger charge is 2.30. The van der Waals surface area contributed by atoms with Gasteiger partial charge in [-0.3, -0.25) is 37.3 Å². The van der Waals surface area contributed by atoms with Gasteiger partial charge in [-0.15, -0.1) is 0 Å². The number of esters is 4. The van der Waals surface area contributed by atoms with Crippen molar-refractivity contribution in [1.29, 1.82) is 0 Å². The maximum atomic E-state index is 13.1. The van der Waals surface area contributed by atoms with Crippen LogP contribution in [0.15, 0.2) is 0 Å². The summed E-state index contributed by atoms with van der Waals surface area (Å²) in [5, 5.41) is 10.6. The van der Waals surface area contributed by atoms with E-state index in [0.29, 0.717) is 25.7 Å². The molecule has 101 heavy (non-hydrogen) atoms. The maximum Gasteiger partial charge on any atom is 0.472 e. The molecule has 0 aliphatic heterocycles. The molecule has 3 N–H and O–H groups in total. The molecule has 0 aliphatic rings. The summed E-state index contributed by atoms with van der Waals surface area (Å²) in [6, 6.07) is 0. The minimum atomic E-state index is -4.96. The molecule has 0 heterocycles. The molecule has 0 fully saturated rings. The lowest BCUT2D eigenvalue weighted by molar-refractivity contribution is -0.161. The molecule has 19 heteroatoms. The van der Waals surface area contributed by atoms with Gasteiger partial charge in [0.15, 0.2) is 12.2 Å². The Bertz CT molecular complexity index is 1930. The molecule has 0 aromatic carbocycles. The number of hydrogen-bond donors (Lipinski definition) is 3. The van der Waals surface area contributed by atoms with Crippen molar-refractivity contribution >= 4 is 39.5 Å². The summed E-state index contributed by atoms with van der Waals surface area (Å²) in [5.74, 6) is -1.34. The average Bonchev–Trinajstić information content (AvgIpc) is 1.05. The smallest absolute Gasteiger partial charge is 0.462 e. The molecule has 0 amide bonds. The number of carbonyl (C=O) groups excluding carboxylic acids is 4. The number of aliphatic hydroxyl groups is 1. The normalized spacial score (nSPS) is 14.1. The van der Waals surface area contributed by atoms with Crippen LogP contribution in [-0.4, -0.2) is 96.7 Å². The second kappa shape index (κ2) is 74.9. The zero-order valence-electron chi connectivity index (χ0n) is 66.1. The highest BCUT2D eigenvalue weighted by atomic mass is 31.2. The van der Waals surface area contributed by atoms with Crippen molar-refractivity contribution in [3.8, 4) is 0 Å². The standard InChI is InChI=1S/C82H160O17P2/c1-6-10-13-16-19-21-23-25-27-29-31-33-34-36-38-40-42-44-46-52-57-62-67-81(86)98-78(72-93-80(85)66-61-56-51-45-43-41-39-37-35-32-30-28-26-24-22-20-17-14-11-7-2)74-97-101(90,91)95-70-76(83)69-94-100(88,89)96-73-77(71-92-79(84)65-60-55-49-18-15-12-8-3)99-82(87)68-63-58-53-48-47-50-54-59-64-75(5)9-4/h75-78,83H,6-74H2,1-5H3,(H,88,89)(H,90,91)/t75?,76-,77+,78+/m0/s1. The van der Waals surface area contributed by atoms with Gasteiger partial charge in [0.05, 0.1) is 26.4 Å². The molecule has 17 nitrogen and oxygen atoms in total. The predicted molar refractivity (Wildman–Crippen MR) is 414 cm³/mol. The van der Waals surface area contributed by atoms with Crippen LogP contribution in [0.25, 0.3) is 0 Å². The first-order chi connectivity index (χ1) is 49.1. The minimum absolute atomic E-state index is 0.105. The molecule has 0 spiro atoms. The molecule has 0 aromatic heterocycles. The van der Waals surface area contributed by atoms with Crippen molar-refractivity contribution in [2.45, 2.75) is 457 Å². The second-order valence-electron chi connectivity index (χ2n) is 29.8. The summed E-state index contributed by atoms with van der Waals surface area (Å²) in [6.07, 6.45) is 67.0. The number of carbonyl (C=O) groups is 4. The van der Waals surface area contributed by atoms with E-state index in [2.05, 4.69) is 34.6 Å². The van der Waals surface area contributed by atoms with Gasteiger partial charge in [-0.25, -0.2) is 9.13 Å². The van der Waals surface area contributed by atoms with E-state index in [9.17, 15) is 43.2 Å². The molecule has 0 saturated heterocycles. The molecule has 0 radical (unpaired) electrons. The molecule has 0 saturated carbocycles. The van der Waals surface area contributed by atoms with E-state index in [1.807, 2.05) is 0 Å². The molecule has 0 bridgehead atoms. The van der Waals surface area contributed by atoms with Crippen LogP contribution >= 0.6 is 15.6 Å². The van der Waals surface area contributed by atoms with Gasteiger partial charge in [0.2, 0.25) is 0 Å². The van der Waals surface area contributed by atoms with Crippen LogP contribution in [0.5, 0.6) is 0 Å². The number of aliphatic hydroxyl groups excluding tert-OH is 1. The molecular formula is C82H160O17P2. The quantitative estimate of drug-likeness (QED) is 0.0222. The van der Waals surface area contributed by atoms with E-state index in [1.54, 1.807) is 0 Å². The number of hydrogen-bond acceptors (Lipinski definition) is 15. The fourth-order valence-electron chi connectivity index (χ4n) is 12.7. The van der Waals surface area contributed by atoms with Gasteiger partial charge in [0.1, 0.15) is 19.3 Å². The average molecular weight is 1480 g/mol. The number of phosphoric ester groups is 2. The Morgan fingerprint density at radius 2 is 0.475 bits per heavy atom. The van der Waals surface area contributed by atoms with Crippen LogP contribution < -0.4 is 0 Å². The van der Waals surface area contributed by atoms with Gasteiger partial charge in [0.25, 0.3) is 0 Å². The Kier molecular flexibility index (Phi) is 73.5. The highest BCUT2D eigenvalue weighted by Crippen LogP contribution is 2.45. The Morgan fingerprint density at radius 1 is 0.277 bits per heavy atom. The Labute approximate surface area is 619 Å². The van der Waals surface area contributed by atoms with E-state index in [-0.39, 0.29) is 25.7 Å². The summed E-state index contributed by atoms with van der Waals surface area (Å²) in [5.41, 5.74) is 0. The second-order valence-corrected chi connectivity index (χ2v) is 32.7. The molecule has 0 rings (SSSR count). The van der Waals surface area contributed by atoms with Gasteiger partial charge in [0, 0.05) is 25.7 Å². The first-order valence-corrected chi connectivity index (χ1v) is 45.7. The summed E-state index contributed by atoms with van der Waals surface area (Å²) < 4.78 is 68.6. The van der Waals surface area contributed by atoms with Gasteiger partial charge < -0.3 is 33.8 Å². The predicted octanol–water partition coefficient (Wildman–Crippen LogP) is 24.8. The molecule has 3 unspecified atom stereocenters. The molecule has 0 aliphatic carbocycles. The largest absolute Gasteiger partial charge is 0.472 e. The van der Waals surface area contributed by atoms with E-state index < -0.39 is 97.5 Å². The third-order valence-electron chi connectivity index (χ3n) is 19.6. The third kappa shape index (κ3) is 74.7. The van der Waals surface area contributed by atoms with E-state index in [4.69, 9.17) is 37.0 Å². The van der Waals surface area contributed by atoms with Gasteiger partial charge in [-0.1, -0.05) is 388 Å². The lowest BCUT2D eigenvalue weighted by Crippen LogP contribution is -2.30. The minimum Gasteiger partial charge on any atom is -0.462 e. The zero-order chi connectivity index (χ0) is 74.1. The summed E-state index contributed by atoms with van der Waals surface area (Å²) in [6.45, 7) is 7.27. The number of ether oxygens (including phenoxy) is 4. The van der Waals surface area contributed by atoms with Crippen molar-refractivity contribution in [1.82, 2.24) is 0 Å². The number of rotatable bonds is 82. The first-order valence-electron chi connectivity index (χ1n) is 42.7. The maximum absolute atomic E-state index is 13.1. The van der Waals surface area contributed by atoms with Crippen LogP contribution in [0.2, 0.25) is 0 Å². The lowest BCUT2D eigenvalue weighted by atomic mass is 9.99. The van der Waals surface area contributed by atoms with Gasteiger partial charge in [-0.05, 0) is 31.6 Å². The molecule has 600 valence electrons. The zero-order valence-corrected chi connectivity index (χ0v) is 67.8. The van der Waals surface area contributed by atoms with E-state index in [1.165, 1.54) is 250 Å². The summed E-state index contributed by atoms with van der Waals surface area (Å²) >= 11 is 0. The Morgan fingerprint density at radius 3 is 0.703 bits per heavy atom.